The van der Waals surface area contributed by atoms with Crippen molar-refractivity contribution in [3.05, 3.63) is 95.1 Å². The molecule has 0 amide bonds. The van der Waals surface area contributed by atoms with E-state index < -0.39 is 27.2 Å². The van der Waals surface area contributed by atoms with Gasteiger partial charge in [-0.2, -0.15) is 0 Å². The molecule has 0 fully saturated rings. The van der Waals surface area contributed by atoms with Crippen LogP contribution in [0.1, 0.15) is 27.0 Å². The molecule has 0 bridgehead atoms. The Hall–Kier alpha value is -0.451. The van der Waals surface area contributed by atoms with Gasteiger partial charge in [0.2, 0.25) is 0 Å². The molecule has 14 heteroatoms. The van der Waals surface area contributed by atoms with E-state index in [2.05, 4.69) is 9.05 Å². The summed E-state index contributed by atoms with van der Waals surface area (Å²) >= 11 is 0. The van der Waals surface area contributed by atoms with Crippen molar-refractivity contribution in [2.24, 2.45) is 0 Å². The van der Waals surface area contributed by atoms with Gasteiger partial charge >= 0.3 is 81.4 Å². The zero-order chi connectivity index (χ0) is 23.1. The normalized spacial score (nSPS) is 14.2. The van der Waals surface area contributed by atoms with Crippen molar-refractivity contribution in [1.82, 2.24) is 0 Å². The number of carbonyl (C=O) groups is 1. The van der Waals surface area contributed by atoms with Gasteiger partial charge in [0, 0.05) is 16.7 Å². The number of hydrogen-bond donors (Lipinski definition) is 0. The van der Waals surface area contributed by atoms with Gasteiger partial charge in [-0.15, -0.1) is 0 Å². The molecule has 3 aromatic rings. The minimum absolute atomic E-state index is 0. The minimum atomic E-state index is -5.26. The quantitative estimate of drug-likeness (QED) is 0.226. The molecule has 0 saturated heterocycles. The van der Waals surface area contributed by atoms with Crippen molar-refractivity contribution in [3.8, 4) is 11.5 Å². The van der Waals surface area contributed by atoms with Gasteiger partial charge in [-0.25, -0.2) is 4.79 Å². The van der Waals surface area contributed by atoms with E-state index in [-0.39, 0.29) is 87.0 Å². The third-order valence-corrected chi connectivity index (χ3v) is 5.60. The number of phosphoric ester groups is 2. The Labute approximate surface area is 253 Å². The van der Waals surface area contributed by atoms with Gasteiger partial charge < -0.3 is 42.5 Å². The number of benzene rings is 3. The second kappa shape index (κ2) is 11.3. The van der Waals surface area contributed by atoms with Gasteiger partial charge in [-0.05, 0) is 30.3 Å². The summed E-state index contributed by atoms with van der Waals surface area (Å²) in [4.78, 5) is 56.1. The number of rotatable bonds is 6. The molecule has 34 heavy (non-hydrogen) atoms. The number of ether oxygens (including phenoxy) is 1. The van der Waals surface area contributed by atoms with Gasteiger partial charge in [0.15, 0.2) is 5.60 Å². The van der Waals surface area contributed by atoms with E-state index in [4.69, 9.17) is 4.74 Å². The van der Waals surface area contributed by atoms with E-state index in [1.807, 2.05) is 0 Å². The molecule has 4 rings (SSSR count). The second-order valence-electron chi connectivity index (χ2n) is 6.74. The van der Waals surface area contributed by atoms with Gasteiger partial charge in [0.25, 0.3) is 0 Å². The summed E-state index contributed by atoms with van der Waals surface area (Å²) in [5, 5.41) is 0. The average Bonchev–Trinajstić information content (AvgIpc) is 3.01. The van der Waals surface area contributed by atoms with Crippen LogP contribution in [0.3, 0.4) is 0 Å². The summed E-state index contributed by atoms with van der Waals surface area (Å²) in [5.41, 5.74) is 0.0648. The molecule has 0 radical (unpaired) electrons. The molecule has 10 nitrogen and oxygen atoms in total. The number of cyclic esters (lactones) is 1. The first-order valence-corrected chi connectivity index (χ1v) is 11.9. The summed E-state index contributed by atoms with van der Waals surface area (Å²) in [5.74, 6) is -1.06. The van der Waals surface area contributed by atoms with Crippen LogP contribution in [0.5, 0.6) is 11.5 Å². The number of hydrogen-bond acceptors (Lipinski definition) is 10. The van der Waals surface area contributed by atoms with Gasteiger partial charge in [0.05, 0.1) is 5.56 Å². The Bertz CT molecular complexity index is 1200. The van der Waals surface area contributed by atoms with Crippen LogP contribution in [0, 0.1) is 0 Å². The first-order valence-electron chi connectivity index (χ1n) is 8.95. The fourth-order valence-electron chi connectivity index (χ4n) is 3.57. The third-order valence-electron chi connectivity index (χ3n) is 4.73. The Balaban J connectivity index is 0.00000204. The molecular weight excluding hydrogens is 542 g/mol. The Morgan fingerprint density at radius 3 is 1.50 bits per heavy atom. The molecule has 0 aromatic heterocycles. The largest absolute Gasteiger partial charge is 2.00 e. The van der Waals surface area contributed by atoms with Crippen LogP contribution in [0.4, 0.5) is 0 Å². The molecule has 1 aliphatic heterocycles. The molecule has 166 valence electrons. The molecular formula is C20H12Ca2O10P2. The molecule has 0 atom stereocenters. The predicted octanol–water partition coefficient (Wildman–Crippen LogP) is -0.198. The van der Waals surface area contributed by atoms with Crippen molar-refractivity contribution in [2.45, 2.75) is 5.60 Å². The summed E-state index contributed by atoms with van der Waals surface area (Å²) in [7, 11) is -10.5. The maximum absolute atomic E-state index is 12.6. The van der Waals surface area contributed by atoms with Crippen molar-refractivity contribution >= 4 is 97.1 Å². The van der Waals surface area contributed by atoms with Crippen LogP contribution in [0.2, 0.25) is 0 Å². The molecule has 3 aromatic carbocycles. The van der Waals surface area contributed by atoms with Crippen molar-refractivity contribution in [2.75, 3.05) is 0 Å². The Kier molecular flexibility index (Phi) is 9.90. The summed E-state index contributed by atoms with van der Waals surface area (Å²) in [6.45, 7) is 0. The Morgan fingerprint density at radius 1 is 0.676 bits per heavy atom. The number of phosphoric acid groups is 2. The fourth-order valence-corrected chi connectivity index (χ4v) is 4.33. The standard InChI is InChI=1S/C20H16O10P2.2Ca/c21-19-17-3-1-2-4-18(17)20(28-19,13-5-9-15(10-6-13)29-31(22,23)24)14-7-11-16(12-8-14)30-32(25,26)27;;/h1-12H,(H2,22,23,24)(H2,25,26,27);;/q;2*+2/p-4. The average molecular weight is 554 g/mol. The third kappa shape index (κ3) is 6.45. The molecule has 1 heterocycles. The number of carbonyl (C=O) groups excluding carboxylic acids is 1. The fraction of sp³-hybridized carbons (Fsp3) is 0.0500. The Morgan fingerprint density at radius 2 is 1.09 bits per heavy atom. The van der Waals surface area contributed by atoms with E-state index in [1.54, 1.807) is 24.3 Å². The van der Waals surface area contributed by atoms with Crippen molar-refractivity contribution in [3.63, 3.8) is 0 Å². The first-order chi connectivity index (χ1) is 15.0. The molecule has 0 aliphatic carbocycles. The number of esters is 1. The van der Waals surface area contributed by atoms with Crippen LogP contribution in [-0.2, 0) is 19.5 Å². The maximum Gasteiger partial charge on any atom is 2.00 e. The van der Waals surface area contributed by atoms with Gasteiger partial charge in [-0.3, -0.25) is 0 Å². The van der Waals surface area contributed by atoms with Crippen LogP contribution in [-0.4, -0.2) is 81.4 Å². The van der Waals surface area contributed by atoms with E-state index in [0.717, 1.165) is 0 Å². The monoisotopic (exact) mass is 554 g/mol. The second-order valence-corrected chi connectivity index (χ2v) is 8.90. The smallest absolute Gasteiger partial charge is 0.780 e. The van der Waals surface area contributed by atoms with E-state index >= 15 is 0 Å². The molecule has 0 unspecified atom stereocenters. The SMILES string of the molecule is O=C1OC(c2ccc(OP(=O)([O-])[O-])cc2)(c2ccc(OP(=O)([O-])[O-])cc2)c2ccccc21.[Ca+2].[Ca+2]. The summed E-state index contributed by atoms with van der Waals surface area (Å²) in [6, 6.07) is 17.2. The minimum Gasteiger partial charge on any atom is -0.780 e. The zero-order valence-corrected chi connectivity index (χ0v) is 23.5. The maximum atomic E-state index is 12.6. The van der Waals surface area contributed by atoms with E-state index in [1.165, 1.54) is 48.5 Å². The van der Waals surface area contributed by atoms with E-state index in [0.29, 0.717) is 22.3 Å². The van der Waals surface area contributed by atoms with E-state index in [9.17, 15) is 33.5 Å². The molecule has 0 saturated carbocycles. The van der Waals surface area contributed by atoms with Crippen LogP contribution in [0.25, 0.3) is 0 Å². The van der Waals surface area contributed by atoms with Crippen molar-refractivity contribution in [1.29, 1.82) is 0 Å². The zero-order valence-electron chi connectivity index (χ0n) is 17.3. The van der Waals surface area contributed by atoms with Crippen LogP contribution >= 0.6 is 15.6 Å². The first kappa shape index (κ1) is 29.8. The van der Waals surface area contributed by atoms with Gasteiger partial charge in [0.1, 0.15) is 27.1 Å². The summed E-state index contributed by atoms with van der Waals surface area (Å²) < 4.78 is 36.2. The van der Waals surface area contributed by atoms with Crippen LogP contribution < -0.4 is 28.6 Å². The molecule has 0 N–H and O–H groups in total. The van der Waals surface area contributed by atoms with Crippen molar-refractivity contribution < 1.29 is 47.3 Å². The topological polar surface area (TPSA) is 171 Å². The summed E-state index contributed by atoms with van der Waals surface area (Å²) in [6.07, 6.45) is 0. The molecule has 0 spiro atoms. The molecule has 1 aliphatic rings. The number of fused-ring (bicyclic) bond motifs is 1. The predicted molar refractivity (Wildman–Crippen MR) is 113 cm³/mol. The van der Waals surface area contributed by atoms with Gasteiger partial charge in [-0.1, -0.05) is 42.5 Å². The van der Waals surface area contributed by atoms with Crippen LogP contribution in [0.15, 0.2) is 72.8 Å².